The van der Waals surface area contributed by atoms with Gasteiger partial charge in [-0.1, -0.05) is 36.0 Å². The Bertz CT molecular complexity index is 1300. The molecular weight excluding hydrogens is 512 g/mol. The van der Waals surface area contributed by atoms with Gasteiger partial charge in [-0.25, -0.2) is 4.90 Å². The first-order valence-corrected chi connectivity index (χ1v) is 13.2. The summed E-state index contributed by atoms with van der Waals surface area (Å²) in [5.74, 6) is 1.53. The van der Waals surface area contributed by atoms with E-state index in [-0.39, 0.29) is 18.0 Å². The lowest BCUT2D eigenvalue weighted by atomic mass is 10.1. The number of nitrogens with one attached hydrogen (secondary N) is 1. The molecule has 9 nitrogen and oxygen atoms in total. The molecule has 2 aromatic carbocycles. The van der Waals surface area contributed by atoms with Gasteiger partial charge in [-0.15, -0.1) is 6.58 Å². The summed E-state index contributed by atoms with van der Waals surface area (Å²) in [6.07, 6.45) is 5.98. The highest BCUT2D eigenvalue weighted by Crippen LogP contribution is 2.40. The number of amides is 1. The lowest BCUT2D eigenvalue weighted by Crippen LogP contribution is -2.41. The third-order valence-electron chi connectivity index (χ3n) is 5.39. The van der Waals surface area contributed by atoms with Crippen LogP contribution in [-0.4, -0.2) is 60.7 Å². The van der Waals surface area contributed by atoms with Crippen LogP contribution in [0.1, 0.15) is 11.1 Å². The summed E-state index contributed by atoms with van der Waals surface area (Å²) in [4.78, 5) is 18.3. The van der Waals surface area contributed by atoms with Gasteiger partial charge in [0, 0.05) is 0 Å². The minimum absolute atomic E-state index is 0.0141. The number of aliphatic imine (C=N–C) groups is 1. The van der Waals surface area contributed by atoms with Gasteiger partial charge in [-0.2, -0.15) is 9.39 Å². The number of carbonyl (C=O) groups excluding carboxylic acids is 1. The number of amidine groups is 3. The van der Waals surface area contributed by atoms with Crippen molar-refractivity contribution in [2.24, 2.45) is 9.39 Å². The number of para-hydroxylation sites is 1. The summed E-state index contributed by atoms with van der Waals surface area (Å²) in [5, 5.41) is 9.57. The second-order valence-corrected chi connectivity index (χ2v) is 9.17. The molecule has 0 spiro atoms. The fourth-order valence-electron chi connectivity index (χ4n) is 3.69. The maximum Gasteiger partial charge on any atom is 0.283 e. The molecule has 1 N–H and O–H groups in total. The maximum absolute atomic E-state index is 12.7. The summed E-state index contributed by atoms with van der Waals surface area (Å²) in [6.45, 7) is 4.35. The van der Waals surface area contributed by atoms with E-state index < -0.39 is 5.91 Å². The van der Waals surface area contributed by atoms with Crippen LogP contribution in [0.15, 0.2) is 64.0 Å². The van der Waals surface area contributed by atoms with Crippen molar-refractivity contribution in [3.8, 4) is 23.0 Å². The minimum atomic E-state index is -0.506. The molecule has 37 heavy (non-hydrogen) atoms. The van der Waals surface area contributed by atoms with Crippen molar-refractivity contribution in [2.45, 2.75) is 6.42 Å². The van der Waals surface area contributed by atoms with Crippen molar-refractivity contribution < 1.29 is 23.7 Å². The summed E-state index contributed by atoms with van der Waals surface area (Å²) in [7, 11) is 3.04. The first-order chi connectivity index (χ1) is 18.0. The molecule has 0 aromatic heterocycles. The number of carbonyl (C=O) groups is 1. The van der Waals surface area contributed by atoms with Gasteiger partial charge < -0.3 is 18.9 Å². The van der Waals surface area contributed by atoms with E-state index in [2.05, 4.69) is 16.0 Å². The second-order valence-electron chi connectivity index (χ2n) is 7.66. The van der Waals surface area contributed by atoms with Crippen molar-refractivity contribution in [1.82, 2.24) is 4.90 Å². The minimum Gasteiger partial charge on any atom is -0.493 e. The van der Waals surface area contributed by atoms with Crippen LogP contribution in [0.4, 0.5) is 0 Å². The Morgan fingerprint density at radius 2 is 1.81 bits per heavy atom. The molecule has 2 aliphatic heterocycles. The van der Waals surface area contributed by atoms with Crippen molar-refractivity contribution in [1.29, 1.82) is 5.41 Å². The fourth-order valence-corrected chi connectivity index (χ4v) is 5.14. The summed E-state index contributed by atoms with van der Waals surface area (Å²) in [5.41, 5.74) is 1.78. The molecule has 2 heterocycles. The van der Waals surface area contributed by atoms with Crippen LogP contribution < -0.4 is 18.9 Å². The van der Waals surface area contributed by atoms with Crippen LogP contribution in [0.5, 0.6) is 23.0 Å². The van der Waals surface area contributed by atoms with Gasteiger partial charge in [0.2, 0.25) is 10.9 Å². The first-order valence-electron chi connectivity index (χ1n) is 11.2. The average molecular weight is 539 g/mol. The SMILES string of the molecule is C=CCc1ccccc1OCCOc1c(OC)cc(/C=C2/C(=N)N3C(SC)=NSC3=NC2=O)cc1OC. The Labute approximate surface area is 223 Å². The smallest absolute Gasteiger partial charge is 0.283 e. The van der Waals surface area contributed by atoms with Crippen LogP contribution in [0.2, 0.25) is 0 Å². The molecule has 0 aliphatic carbocycles. The highest BCUT2D eigenvalue weighted by Gasteiger charge is 2.37. The molecule has 0 radical (unpaired) electrons. The van der Waals surface area contributed by atoms with Crippen LogP contribution in [0.3, 0.4) is 0 Å². The van der Waals surface area contributed by atoms with E-state index in [1.807, 2.05) is 36.6 Å². The summed E-state index contributed by atoms with van der Waals surface area (Å²) in [6, 6.07) is 11.2. The number of thioether (sulfide) groups is 1. The molecule has 0 unspecified atom stereocenters. The molecule has 0 fully saturated rings. The van der Waals surface area contributed by atoms with Crippen LogP contribution in [0.25, 0.3) is 6.08 Å². The average Bonchev–Trinajstić information content (AvgIpc) is 3.33. The van der Waals surface area contributed by atoms with Crippen LogP contribution in [0, 0.1) is 5.41 Å². The number of benzene rings is 2. The second kappa shape index (κ2) is 12.0. The normalized spacial score (nSPS) is 15.8. The van der Waals surface area contributed by atoms with Crippen LogP contribution >= 0.6 is 23.7 Å². The molecule has 0 saturated heterocycles. The number of hydrogen-bond acceptors (Lipinski definition) is 9. The van der Waals surface area contributed by atoms with E-state index in [4.69, 9.17) is 24.4 Å². The molecule has 0 atom stereocenters. The Morgan fingerprint density at radius 3 is 2.49 bits per heavy atom. The molecular formula is C26H26N4O5S2. The van der Waals surface area contributed by atoms with E-state index in [0.29, 0.717) is 46.2 Å². The predicted octanol–water partition coefficient (Wildman–Crippen LogP) is 4.83. The highest BCUT2D eigenvalue weighted by molar-refractivity contribution is 8.18. The number of rotatable bonds is 10. The van der Waals surface area contributed by atoms with E-state index in [1.54, 1.807) is 23.1 Å². The largest absolute Gasteiger partial charge is 0.493 e. The van der Waals surface area contributed by atoms with Gasteiger partial charge in [-0.05, 0) is 48.1 Å². The maximum atomic E-state index is 12.7. The molecule has 2 aliphatic rings. The first kappa shape index (κ1) is 26.4. The number of allylic oxidation sites excluding steroid dienone is 1. The quantitative estimate of drug-likeness (QED) is 0.198. The van der Waals surface area contributed by atoms with Crippen molar-refractivity contribution >= 4 is 51.9 Å². The standard InChI is InChI=1S/C26H26N4O5S2/c1-5-8-17-9-6-7-10-19(17)34-11-12-35-22-20(32-2)14-16(15-21(22)33-3)13-18-23(27)30-25(28-24(18)31)37-29-26(30)36-4/h5-7,9-10,13-15,27H,1,8,11-12H2,2-4H3/b18-13-,27-23?. The predicted molar refractivity (Wildman–Crippen MR) is 149 cm³/mol. The molecule has 192 valence electrons. The lowest BCUT2D eigenvalue weighted by molar-refractivity contribution is -0.114. The lowest BCUT2D eigenvalue weighted by Gasteiger charge is -2.24. The van der Waals surface area contributed by atoms with Gasteiger partial charge in [0.1, 0.15) is 24.8 Å². The van der Waals surface area contributed by atoms with E-state index >= 15 is 0 Å². The highest BCUT2D eigenvalue weighted by atomic mass is 32.2. The number of methoxy groups -OCH3 is 2. The van der Waals surface area contributed by atoms with Gasteiger partial charge >= 0.3 is 0 Å². The number of fused-ring (bicyclic) bond motifs is 1. The zero-order valence-electron chi connectivity index (χ0n) is 20.6. The van der Waals surface area contributed by atoms with Gasteiger partial charge in [0.05, 0.1) is 31.7 Å². The van der Waals surface area contributed by atoms with Gasteiger partial charge in [0.25, 0.3) is 5.91 Å². The summed E-state index contributed by atoms with van der Waals surface area (Å²) >= 11 is 2.46. The number of nitrogens with zero attached hydrogens (tertiary/aromatic N) is 3. The third-order valence-corrected chi connectivity index (χ3v) is 6.85. The Balaban J connectivity index is 1.52. The van der Waals surface area contributed by atoms with Gasteiger partial charge in [-0.3, -0.25) is 10.2 Å². The fraction of sp³-hybridized carbons (Fsp3) is 0.231. The molecule has 4 rings (SSSR count). The van der Waals surface area contributed by atoms with Crippen molar-refractivity contribution in [3.63, 3.8) is 0 Å². The number of ether oxygens (including phenoxy) is 4. The van der Waals surface area contributed by atoms with Crippen molar-refractivity contribution in [3.05, 3.63) is 65.8 Å². The topological polar surface area (TPSA) is 106 Å². The number of hydrogen-bond donors (Lipinski definition) is 1. The summed E-state index contributed by atoms with van der Waals surface area (Å²) < 4.78 is 27.2. The molecule has 2 aromatic rings. The molecule has 0 saturated carbocycles. The van der Waals surface area contributed by atoms with E-state index in [9.17, 15) is 4.79 Å². The van der Waals surface area contributed by atoms with Gasteiger partial charge in [0.15, 0.2) is 16.7 Å². The Kier molecular flexibility index (Phi) is 8.57. The monoisotopic (exact) mass is 538 g/mol. The van der Waals surface area contributed by atoms with E-state index in [1.165, 1.54) is 26.0 Å². The molecule has 1 amide bonds. The Morgan fingerprint density at radius 1 is 1.11 bits per heavy atom. The molecule has 0 bridgehead atoms. The zero-order valence-corrected chi connectivity index (χ0v) is 22.3. The zero-order chi connectivity index (χ0) is 26.4. The third kappa shape index (κ3) is 5.67. The van der Waals surface area contributed by atoms with E-state index in [0.717, 1.165) is 23.3 Å². The van der Waals surface area contributed by atoms with Crippen molar-refractivity contribution in [2.75, 3.05) is 33.7 Å². The molecule has 11 heteroatoms. The Hall–Kier alpha value is -3.70. The van der Waals surface area contributed by atoms with Crippen LogP contribution in [-0.2, 0) is 11.2 Å².